The zero-order valence-corrected chi connectivity index (χ0v) is 18.5. The normalized spacial score (nSPS) is 21.5. The number of benzene rings is 1. The highest BCUT2D eigenvalue weighted by atomic mass is 32.2. The Morgan fingerprint density at radius 1 is 1.03 bits per heavy atom. The molecule has 4 rings (SSSR count). The number of carbonyl (C=O) groups is 1. The van der Waals surface area contributed by atoms with Gasteiger partial charge < -0.3 is 10.2 Å². The van der Waals surface area contributed by atoms with Crippen LogP contribution in [0.5, 0.6) is 0 Å². The van der Waals surface area contributed by atoms with Gasteiger partial charge >= 0.3 is 0 Å². The molecular weight excluding hydrogens is 440 g/mol. The van der Waals surface area contributed by atoms with Gasteiger partial charge in [-0.25, -0.2) is 16.8 Å². The van der Waals surface area contributed by atoms with Crippen molar-refractivity contribution in [3.63, 3.8) is 0 Å². The molecule has 3 aliphatic rings. The molecule has 0 aromatic heterocycles. The van der Waals surface area contributed by atoms with Gasteiger partial charge in [0, 0.05) is 31.5 Å². The summed E-state index contributed by atoms with van der Waals surface area (Å²) in [5.41, 5.74) is 0.690. The second-order valence-electron chi connectivity index (χ2n) is 7.65. The molecule has 1 N–H and O–H groups in total. The summed E-state index contributed by atoms with van der Waals surface area (Å²) in [7, 11) is -7.09. The Balaban J connectivity index is 1.50. The van der Waals surface area contributed by atoms with Crippen molar-refractivity contribution in [1.82, 2.24) is 9.21 Å². The van der Waals surface area contributed by atoms with E-state index in [-0.39, 0.29) is 23.0 Å². The van der Waals surface area contributed by atoms with Gasteiger partial charge in [0.25, 0.3) is 15.9 Å². The summed E-state index contributed by atoms with van der Waals surface area (Å²) in [5, 5.41) is 2.72. The van der Waals surface area contributed by atoms with E-state index < -0.39 is 26.0 Å². The van der Waals surface area contributed by atoms with Crippen molar-refractivity contribution in [3.8, 4) is 0 Å². The van der Waals surface area contributed by atoms with Gasteiger partial charge in [-0.15, -0.1) is 4.40 Å². The van der Waals surface area contributed by atoms with Crippen molar-refractivity contribution in [2.75, 3.05) is 30.7 Å². The van der Waals surface area contributed by atoms with Crippen LogP contribution in [0.1, 0.15) is 25.7 Å². The van der Waals surface area contributed by atoms with Gasteiger partial charge in [0.1, 0.15) is 5.84 Å². The molecule has 3 aliphatic heterocycles. The summed E-state index contributed by atoms with van der Waals surface area (Å²) in [6.45, 7) is 1.23. The number of carbonyl (C=O) groups excluding carboxylic acids is 1. The molecule has 0 aliphatic carbocycles. The predicted molar refractivity (Wildman–Crippen MR) is 117 cm³/mol. The van der Waals surface area contributed by atoms with Gasteiger partial charge in [0.15, 0.2) is 0 Å². The third kappa shape index (κ3) is 4.89. The van der Waals surface area contributed by atoms with Crippen molar-refractivity contribution in [2.24, 2.45) is 4.40 Å². The first-order valence-corrected chi connectivity index (χ1v) is 13.2. The van der Waals surface area contributed by atoms with Gasteiger partial charge in [-0.05, 0) is 43.2 Å². The first kappa shape index (κ1) is 21.7. The topological polar surface area (TPSA) is 116 Å². The van der Waals surface area contributed by atoms with E-state index in [1.165, 1.54) is 28.6 Å². The van der Waals surface area contributed by atoms with Gasteiger partial charge in [0.05, 0.1) is 16.2 Å². The molecule has 9 nitrogen and oxygen atoms in total. The minimum absolute atomic E-state index is 0.119. The van der Waals surface area contributed by atoms with Gasteiger partial charge in [0.2, 0.25) is 10.0 Å². The first-order chi connectivity index (χ1) is 14.7. The van der Waals surface area contributed by atoms with E-state index in [9.17, 15) is 21.6 Å². The van der Waals surface area contributed by atoms with Crippen LogP contribution < -0.4 is 5.32 Å². The Hall–Kier alpha value is -2.50. The molecule has 31 heavy (non-hydrogen) atoms. The molecule has 0 unspecified atom stereocenters. The second-order valence-corrected chi connectivity index (χ2v) is 11.3. The van der Waals surface area contributed by atoms with Crippen LogP contribution in [0.25, 0.3) is 0 Å². The number of sulfonamides is 2. The summed E-state index contributed by atoms with van der Waals surface area (Å²) in [6.07, 6.45) is 8.26. The lowest BCUT2D eigenvalue weighted by Gasteiger charge is -2.27. The van der Waals surface area contributed by atoms with Crippen LogP contribution in [0, 0.1) is 0 Å². The maximum atomic E-state index is 13.0. The van der Waals surface area contributed by atoms with Crippen molar-refractivity contribution in [1.29, 1.82) is 0 Å². The molecule has 0 spiro atoms. The third-order valence-electron chi connectivity index (χ3n) is 5.38. The molecule has 1 aromatic carbocycles. The second kappa shape index (κ2) is 8.56. The van der Waals surface area contributed by atoms with E-state index in [2.05, 4.69) is 9.71 Å². The van der Waals surface area contributed by atoms with Crippen LogP contribution in [0.4, 0.5) is 5.69 Å². The number of fused-ring (bicyclic) bond motifs is 1. The van der Waals surface area contributed by atoms with Crippen LogP contribution in [0.15, 0.2) is 57.5 Å². The highest BCUT2D eigenvalue weighted by Gasteiger charge is 2.27. The average Bonchev–Trinajstić information content (AvgIpc) is 3.03. The standard InChI is InChI=1S/C20H24N4O5S2/c25-20(16-8-9-19-22-30(26,27)13-12-23(19)15-16)21-17-6-5-7-18(14-17)31(28,29)24-10-3-1-2-4-11-24/h5-9,14-15H,1-4,10-13H2,(H,21,25). The monoisotopic (exact) mass is 464 g/mol. The number of anilines is 1. The number of nitrogens with zero attached hydrogens (tertiary/aromatic N) is 3. The lowest BCUT2D eigenvalue weighted by Crippen LogP contribution is -2.37. The Kier molecular flexibility index (Phi) is 6.00. The van der Waals surface area contributed by atoms with E-state index in [1.807, 2.05) is 0 Å². The van der Waals surface area contributed by atoms with Crippen molar-refractivity contribution in [2.45, 2.75) is 30.6 Å². The Bertz CT molecular complexity index is 1180. The number of nitrogens with one attached hydrogen (secondary N) is 1. The fourth-order valence-electron chi connectivity index (χ4n) is 3.70. The molecule has 166 valence electrons. The first-order valence-electron chi connectivity index (χ1n) is 10.2. The number of rotatable bonds is 4. The number of amides is 1. The van der Waals surface area contributed by atoms with E-state index in [0.29, 0.717) is 24.4 Å². The summed E-state index contributed by atoms with van der Waals surface area (Å²) < 4.78 is 54.4. The zero-order valence-electron chi connectivity index (χ0n) is 16.9. The van der Waals surface area contributed by atoms with Crippen LogP contribution in [-0.2, 0) is 24.8 Å². The Morgan fingerprint density at radius 2 is 1.77 bits per heavy atom. The van der Waals surface area contributed by atoms with Crippen LogP contribution in [-0.4, -0.2) is 63.2 Å². The van der Waals surface area contributed by atoms with E-state index in [1.54, 1.807) is 23.2 Å². The van der Waals surface area contributed by atoms with Gasteiger partial charge in [-0.1, -0.05) is 18.9 Å². The number of hydrogen-bond donors (Lipinski definition) is 1. The number of hydrogen-bond acceptors (Lipinski definition) is 6. The molecule has 0 bridgehead atoms. The summed E-state index contributed by atoms with van der Waals surface area (Å²) >= 11 is 0. The smallest absolute Gasteiger partial charge is 0.257 e. The van der Waals surface area contributed by atoms with E-state index in [4.69, 9.17) is 0 Å². The summed E-state index contributed by atoms with van der Waals surface area (Å²) in [4.78, 5) is 14.5. The predicted octanol–water partition coefficient (Wildman–Crippen LogP) is 1.69. The molecule has 0 radical (unpaired) electrons. The van der Waals surface area contributed by atoms with Crippen LogP contribution >= 0.6 is 0 Å². The van der Waals surface area contributed by atoms with E-state index in [0.717, 1.165) is 25.7 Å². The fraction of sp³-hybridized carbons (Fsp3) is 0.400. The zero-order chi connectivity index (χ0) is 22.1. The molecule has 11 heteroatoms. The summed E-state index contributed by atoms with van der Waals surface area (Å²) in [6, 6.07) is 6.23. The Morgan fingerprint density at radius 3 is 2.52 bits per heavy atom. The fourth-order valence-corrected chi connectivity index (χ4v) is 6.24. The molecular formula is C20H24N4O5S2. The maximum absolute atomic E-state index is 13.0. The number of amidine groups is 1. The quantitative estimate of drug-likeness (QED) is 0.725. The molecule has 0 saturated carbocycles. The van der Waals surface area contributed by atoms with Crippen molar-refractivity contribution >= 4 is 37.5 Å². The summed E-state index contributed by atoms with van der Waals surface area (Å²) in [5.74, 6) is -0.270. The third-order valence-corrected chi connectivity index (χ3v) is 8.44. The van der Waals surface area contributed by atoms with Gasteiger partial charge in [-0.3, -0.25) is 4.79 Å². The van der Waals surface area contributed by atoms with E-state index >= 15 is 0 Å². The Labute approximate surface area is 182 Å². The highest BCUT2D eigenvalue weighted by molar-refractivity contribution is 7.90. The van der Waals surface area contributed by atoms with Crippen molar-refractivity contribution in [3.05, 3.63) is 48.2 Å². The minimum atomic E-state index is -3.62. The van der Waals surface area contributed by atoms with Gasteiger partial charge in [-0.2, -0.15) is 4.31 Å². The molecule has 1 fully saturated rings. The van der Waals surface area contributed by atoms with Crippen molar-refractivity contribution < 1.29 is 21.6 Å². The molecule has 1 amide bonds. The maximum Gasteiger partial charge on any atom is 0.257 e. The lowest BCUT2D eigenvalue weighted by molar-refractivity contribution is -0.112. The molecule has 0 atom stereocenters. The van der Waals surface area contributed by atoms with Crippen LogP contribution in [0.2, 0.25) is 0 Å². The minimum Gasteiger partial charge on any atom is -0.330 e. The average molecular weight is 465 g/mol. The lowest BCUT2D eigenvalue weighted by atomic mass is 10.1. The molecule has 3 heterocycles. The largest absolute Gasteiger partial charge is 0.330 e. The highest BCUT2D eigenvalue weighted by Crippen LogP contribution is 2.23. The van der Waals surface area contributed by atoms with Crippen LogP contribution in [0.3, 0.4) is 0 Å². The molecule has 1 aromatic rings. The SMILES string of the molecule is O=C(Nc1cccc(S(=O)(=O)N2CCCCCC2)c1)C1=CN2CCS(=O)(=O)N=C2C=C1. The molecule has 1 saturated heterocycles.